The summed E-state index contributed by atoms with van der Waals surface area (Å²) in [7, 11) is 0. The molecule has 0 spiro atoms. The quantitative estimate of drug-likeness (QED) is 0.422. The fourth-order valence-corrected chi connectivity index (χ4v) is 5.31. The monoisotopic (exact) mass is 468 g/mol. The molecule has 182 valence electrons. The molecule has 2 aromatic carbocycles. The van der Waals surface area contributed by atoms with Crippen LogP contribution < -0.4 is 10.6 Å². The molecule has 1 saturated heterocycles. The van der Waals surface area contributed by atoms with Crippen molar-refractivity contribution >= 4 is 17.4 Å². The molecule has 2 aliphatic rings. The van der Waals surface area contributed by atoms with E-state index in [0.29, 0.717) is 17.5 Å². The predicted octanol–water partition coefficient (Wildman–Crippen LogP) is 5.37. The van der Waals surface area contributed by atoms with Gasteiger partial charge in [-0.05, 0) is 80.8 Å². The minimum atomic E-state index is -0.469. The Morgan fingerprint density at radius 2 is 1.79 bits per heavy atom. The summed E-state index contributed by atoms with van der Waals surface area (Å²) in [4.78, 5) is 25.6. The molecule has 0 unspecified atom stereocenters. The third-order valence-electron chi connectivity index (χ3n) is 7.18. The van der Waals surface area contributed by atoms with E-state index in [1.807, 2.05) is 12.1 Å². The van der Waals surface area contributed by atoms with Crippen LogP contribution in [0.15, 0.2) is 48.5 Å². The molecule has 2 N–H and O–H groups in total. The van der Waals surface area contributed by atoms with Crippen molar-refractivity contribution < 1.29 is 14.1 Å². The summed E-state index contributed by atoms with van der Waals surface area (Å²) in [6.45, 7) is 3.08. The molecule has 0 radical (unpaired) electrons. The molecule has 2 aromatic rings. The van der Waals surface area contributed by atoms with Gasteiger partial charge in [0.2, 0.25) is 0 Å². The Bertz CT molecular complexity index is 976. The molecule has 1 aliphatic carbocycles. The number of hydrogen-bond acceptors (Lipinski definition) is 4. The molecule has 1 heterocycles. The van der Waals surface area contributed by atoms with E-state index in [4.69, 9.17) is 0 Å². The van der Waals surface area contributed by atoms with Gasteiger partial charge in [0.15, 0.2) is 0 Å². The first-order valence-corrected chi connectivity index (χ1v) is 12.2. The average Bonchev–Trinajstić information content (AvgIpc) is 2.83. The predicted molar refractivity (Wildman–Crippen MR) is 130 cm³/mol. The number of halogens is 1. The molecule has 0 bridgehead atoms. The minimum absolute atomic E-state index is 0.0452. The summed E-state index contributed by atoms with van der Waals surface area (Å²) >= 11 is 0. The van der Waals surface area contributed by atoms with Gasteiger partial charge in [0.25, 0.3) is 5.69 Å². The van der Waals surface area contributed by atoms with Gasteiger partial charge < -0.3 is 15.5 Å². The summed E-state index contributed by atoms with van der Waals surface area (Å²) in [5.74, 6) is 0.842. The summed E-state index contributed by atoms with van der Waals surface area (Å²) in [6, 6.07) is 12.6. The molecule has 1 saturated carbocycles. The first kappa shape index (κ1) is 24.1. The van der Waals surface area contributed by atoms with Crippen LogP contribution in [0.1, 0.15) is 44.1 Å². The highest BCUT2D eigenvalue weighted by molar-refractivity contribution is 5.89. The van der Waals surface area contributed by atoms with Crippen molar-refractivity contribution in [3.05, 3.63) is 70.0 Å². The van der Waals surface area contributed by atoms with Gasteiger partial charge >= 0.3 is 6.03 Å². The molecule has 2 fully saturated rings. The number of nitrogens with one attached hydrogen (secondary N) is 2. The topological polar surface area (TPSA) is 87.5 Å². The zero-order valence-corrected chi connectivity index (χ0v) is 19.4. The maximum Gasteiger partial charge on any atom is 0.319 e. The molecule has 1 aliphatic heterocycles. The third-order valence-corrected chi connectivity index (χ3v) is 7.18. The summed E-state index contributed by atoms with van der Waals surface area (Å²) < 4.78 is 13.1. The lowest BCUT2D eigenvalue weighted by atomic mass is 9.83. The fraction of sp³-hybridized carbons (Fsp3) is 0.500. The van der Waals surface area contributed by atoms with E-state index in [9.17, 15) is 19.3 Å². The standard InChI is InChI=1S/C26H33FN4O3/c27-22-10-8-19(9-11-22)16-20-12-14-30(15-13-20)18-21-4-1-2-7-25(21)29-26(32)28-23-5-3-6-24(17-23)31(33)34/h3,5-6,8-11,17,20-21,25H,1-2,4,7,12-16,18H2,(H2,28,29,32)/t21-,25+/m0/s1. The number of rotatable bonds is 7. The average molecular weight is 469 g/mol. The fourth-order valence-electron chi connectivity index (χ4n) is 5.31. The highest BCUT2D eigenvalue weighted by Gasteiger charge is 2.30. The molecular formula is C26H33FN4O3. The lowest BCUT2D eigenvalue weighted by molar-refractivity contribution is -0.384. The molecule has 34 heavy (non-hydrogen) atoms. The second kappa shape index (κ2) is 11.4. The molecular weight excluding hydrogens is 435 g/mol. The van der Waals surface area contributed by atoms with Crippen molar-refractivity contribution in [2.45, 2.75) is 51.0 Å². The third kappa shape index (κ3) is 6.76. The number of carbonyl (C=O) groups is 1. The number of likely N-dealkylation sites (tertiary alicyclic amines) is 1. The first-order chi connectivity index (χ1) is 16.5. The number of nitrogens with zero attached hydrogens (tertiary/aromatic N) is 2. The largest absolute Gasteiger partial charge is 0.335 e. The Balaban J connectivity index is 1.25. The van der Waals surface area contributed by atoms with Crippen molar-refractivity contribution in [3.63, 3.8) is 0 Å². The minimum Gasteiger partial charge on any atom is -0.335 e. The maximum atomic E-state index is 13.1. The number of nitro groups is 1. The second-order valence-electron chi connectivity index (χ2n) is 9.63. The van der Waals surface area contributed by atoms with Crippen LogP contribution in [0.2, 0.25) is 0 Å². The Morgan fingerprint density at radius 1 is 1.06 bits per heavy atom. The lowest BCUT2D eigenvalue weighted by Gasteiger charge is -2.39. The van der Waals surface area contributed by atoms with E-state index in [0.717, 1.165) is 58.2 Å². The number of non-ortho nitro benzene ring substituents is 1. The van der Waals surface area contributed by atoms with Gasteiger partial charge in [-0.3, -0.25) is 10.1 Å². The zero-order valence-electron chi connectivity index (χ0n) is 19.4. The highest BCUT2D eigenvalue weighted by Crippen LogP contribution is 2.28. The van der Waals surface area contributed by atoms with Crippen LogP contribution >= 0.6 is 0 Å². The highest BCUT2D eigenvalue weighted by atomic mass is 19.1. The Labute approximate surface area is 199 Å². The van der Waals surface area contributed by atoms with E-state index < -0.39 is 4.92 Å². The molecule has 2 atom stereocenters. The molecule has 7 nitrogen and oxygen atoms in total. The molecule has 8 heteroatoms. The number of nitro benzene ring substituents is 1. The number of carbonyl (C=O) groups excluding carboxylic acids is 1. The normalized spacial score (nSPS) is 21.7. The van der Waals surface area contributed by atoms with Crippen LogP contribution in [-0.2, 0) is 6.42 Å². The molecule has 0 aromatic heterocycles. The van der Waals surface area contributed by atoms with Crippen LogP contribution in [0.25, 0.3) is 0 Å². The van der Waals surface area contributed by atoms with Gasteiger partial charge in [-0.15, -0.1) is 0 Å². The number of anilines is 1. The van der Waals surface area contributed by atoms with Crippen LogP contribution in [0.4, 0.5) is 20.6 Å². The number of benzene rings is 2. The van der Waals surface area contributed by atoms with Gasteiger partial charge in [-0.2, -0.15) is 0 Å². The smallest absolute Gasteiger partial charge is 0.319 e. The van der Waals surface area contributed by atoms with E-state index in [1.54, 1.807) is 12.1 Å². The number of piperidine rings is 1. The van der Waals surface area contributed by atoms with Gasteiger partial charge in [0, 0.05) is 30.4 Å². The van der Waals surface area contributed by atoms with Crippen LogP contribution in [-0.4, -0.2) is 41.5 Å². The second-order valence-corrected chi connectivity index (χ2v) is 9.63. The first-order valence-electron chi connectivity index (χ1n) is 12.2. The van der Waals surface area contributed by atoms with Crippen molar-refractivity contribution in [2.24, 2.45) is 11.8 Å². The van der Waals surface area contributed by atoms with E-state index in [2.05, 4.69) is 15.5 Å². The number of amides is 2. The molecule has 2 amide bonds. The van der Waals surface area contributed by atoms with Gasteiger partial charge in [0.1, 0.15) is 5.82 Å². The number of urea groups is 1. The Morgan fingerprint density at radius 3 is 2.53 bits per heavy atom. The van der Waals surface area contributed by atoms with Gasteiger partial charge in [0.05, 0.1) is 4.92 Å². The summed E-state index contributed by atoms with van der Waals surface area (Å²) in [5.41, 5.74) is 1.57. The van der Waals surface area contributed by atoms with E-state index in [1.165, 1.54) is 36.2 Å². The maximum absolute atomic E-state index is 13.1. The summed E-state index contributed by atoms with van der Waals surface area (Å²) in [6.07, 6.45) is 7.59. The molecule has 4 rings (SSSR count). The van der Waals surface area contributed by atoms with Crippen LogP contribution in [0.5, 0.6) is 0 Å². The van der Waals surface area contributed by atoms with Crippen molar-refractivity contribution in [2.75, 3.05) is 25.0 Å². The zero-order chi connectivity index (χ0) is 23.9. The van der Waals surface area contributed by atoms with Crippen LogP contribution in [0, 0.1) is 27.8 Å². The van der Waals surface area contributed by atoms with E-state index in [-0.39, 0.29) is 23.6 Å². The van der Waals surface area contributed by atoms with Crippen molar-refractivity contribution in [1.29, 1.82) is 0 Å². The van der Waals surface area contributed by atoms with Gasteiger partial charge in [-0.1, -0.05) is 31.0 Å². The van der Waals surface area contributed by atoms with E-state index >= 15 is 0 Å². The van der Waals surface area contributed by atoms with Gasteiger partial charge in [-0.25, -0.2) is 9.18 Å². The lowest BCUT2D eigenvalue weighted by Crippen LogP contribution is -2.48. The Kier molecular flexibility index (Phi) is 8.11. The van der Waals surface area contributed by atoms with Crippen molar-refractivity contribution in [1.82, 2.24) is 10.2 Å². The SMILES string of the molecule is O=C(Nc1cccc([N+](=O)[O-])c1)N[C@@H]1CCCC[C@H]1CN1CCC(Cc2ccc(F)cc2)CC1. The Hall–Kier alpha value is -3.00. The number of hydrogen-bond donors (Lipinski definition) is 2. The van der Waals surface area contributed by atoms with Crippen molar-refractivity contribution in [3.8, 4) is 0 Å². The van der Waals surface area contributed by atoms with Crippen LogP contribution in [0.3, 0.4) is 0 Å². The summed E-state index contributed by atoms with van der Waals surface area (Å²) in [5, 5.41) is 16.8.